The molecule has 0 atom stereocenters. The number of hydrogen-bond donors (Lipinski definition) is 0. The molecular formula is C22H30N2O5. The maximum Gasteiger partial charge on any atom is 0.254 e. The van der Waals surface area contributed by atoms with E-state index in [1.807, 2.05) is 45.1 Å². The van der Waals surface area contributed by atoms with Crippen molar-refractivity contribution in [3.05, 3.63) is 47.2 Å². The number of aromatic nitrogens is 1. The molecule has 0 N–H and O–H groups in total. The molecule has 2 aromatic rings. The van der Waals surface area contributed by atoms with E-state index in [9.17, 15) is 0 Å². The Labute approximate surface area is 172 Å². The van der Waals surface area contributed by atoms with Crippen LogP contribution in [-0.2, 0) is 4.84 Å². The number of unbranched alkanes of at least 4 members (excludes halogenated alkanes) is 2. The van der Waals surface area contributed by atoms with Gasteiger partial charge in [0.2, 0.25) is 0 Å². The maximum atomic E-state index is 5.99. The number of rotatable bonds is 13. The van der Waals surface area contributed by atoms with Crippen LogP contribution in [0.25, 0.3) is 0 Å². The van der Waals surface area contributed by atoms with Gasteiger partial charge in [0.05, 0.1) is 19.3 Å². The monoisotopic (exact) mass is 402 g/mol. The lowest BCUT2D eigenvalue weighted by molar-refractivity contribution is 0.214. The summed E-state index contributed by atoms with van der Waals surface area (Å²) < 4.78 is 22.3. The average Bonchev–Trinajstić information content (AvgIpc) is 3.15. The second-order valence-corrected chi connectivity index (χ2v) is 6.51. The fraction of sp³-hybridized carbons (Fsp3) is 0.455. The summed E-state index contributed by atoms with van der Waals surface area (Å²) in [6.45, 7) is 7.89. The minimum absolute atomic E-state index is 0.446. The van der Waals surface area contributed by atoms with Crippen LogP contribution >= 0.6 is 0 Å². The summed E-state index contributed by atoms with van der Waals surface area (Å²) in [6.07, 6.45) is 8.25. The molecule has 158 valence electrons. The molecular weight excluding hydrogens is 372 g/mol. The van der Waals surface area contributed by atoms with E-state index in [1.165, 1.54) is 13.3 Å². The first-order valence-corrected chi connectivity index (χ1v) is 9.78. The Balaban J connectivity index is 1.65. The van der Waals surface area contributed by atoms with Gasteiger partial charge < -0.3 is 23.6 Å². The molecule has 7 nitrogen and oxygen atoms in total. The van der Waals surface area contributed by atoms with E-state index >= 15 is 0 Å². The smallest absolute Gasteiger partial charge is 0.254 e. The molecule has 0 bridgehead atoms. The van der Waals surface area contributed by atoms with E-state index in [2.05, 4.69) is 15.1 Å². The van der Waals surface area contributed by atoms with Crippen molar-refractivity contribution in [3.8, 4) is 17.4 Å². The van der Waals surface area contributed by atoms with Gasteiger partial charge in [-0.3, -0.25) is 0 Å². The highest BCUT2D eigenvalue weighted by Gasteiger charge is 2.07. The molecule has 0 aliphatic carbocycles. The van der Waals surface area contributed by atoms with Gasteiger partial charge in [-0.25, -0.2) is 0 Å². The Kier molecular flexibility index (Phi) is 9.62. The highest BCUT2D eigenvalue weighted by atomic mass is 16.6. The number of benzene rings is 1. The lowest BCUT2D eigenvalue weighted by Crippen LogP contribution is -2.03. The van der Waals surface area contributed by atoms with Crippen LogP contribution in [0.4, 0.5) is 0 Å². The fourth-order valence-corrected chi connectivity index (χ4v) is 2.70. The lowest BCUT2D eigenvalue weighted by atomic mass is 10.1. The van der Waals surface area contributed by atoms with E-state index in [0.29, 0.717) is 31.5 Å². The van der Waals surface area contributed by atoms with Gasteiger partial charge in [-0.05, 0) is 68.4 Å². The first kappa shape index (κ1) is 22.3. The van der Waals surface area contributed by atoms with Crippen molar-refractivity contribution in [1.29, 1.82) is 0 Å². The number of ether oxygens (including phenoxy) is 3. The second kappa shape index (κ2) is 12.5. The molecule has 0 fully saturated rings. The number of oxime groups is 1. The summed E-state index contributed by atoms with van der Waals surface area (Å²) in [7, 11) is 1.46. The van der Waals surface area contributed by atoms with Crippen LogP contribution in [0.15, 0.2) is 40.0 Å². The maximum absolute atomic E-state index is 5.99. The Bertz CT molecular complexity index is 775. The third-order valence-corrected chi connectivity index (χ3v) is 4.09. The molecule has 7 heteroatoms. The van der Waals surface area contributed by atoms with Gasteiger partial charge in [0, 0.05) is 0 Å². The van der Waals surface area contributed by atoms with Gasteiger partial charge in [0.25, 0.3) is 5.88 Å². The van der Waals surface area contributed by atoms with Gasteiger partial charge in [0.1, 0.15) is 31.4 Å². The van der Waals surface area contributed by atoms with Crippen LogP contribution in [0.5, 0.6) is 17.4 Å². The zero-order valence-corrected chi connectivity index (χ0v) is 17.6. The molecule has 0 saturated carbocycles. The van der Waals surface area contributed by atoms with Crippen LogP contribution in [-0.4, -0.2) is 38.3 Å². The van der Waals surface area contributed by atoms with Gasteiger partial charge in [0.15, 0.2) is 5.76 Å². The minimum atomic E-state index is 0.446. The molecule has 0 unspecified atom stereocenters. The van der Waals surface area contributed by atoms with Crippen molar-refractivity contribution in [2.75, 3.05) is 26.9 Å². The third-order valence-electron chi connectivity index (χ3n) is 4.09. The lowest BCUT2D eigenvalue weighted by Gasteiger charge is -2.14. The van der Waals surface area contributed by atoms with E-state index in [1.54, 1.807) is 6.07 Å². The van der Waals surface area contributed by atoms with Crippen molar-refractivity contribution in [1.82, 2.24) is 5.16 Å². The molecule has 0 saturated heterocycles. The molecule has 0 aliphatic rings. The molecule has 0 radical (unpaired) electrons. The molecule has 1 aromatic heterocycles. The average molecular weight is 402 g/mol. The summed E-state index contributed by atoms with van der Waals surface area (Å²) in [5.74, 6) is 2.74. The highest BCUT2D eigenvalue weighted by Crippen LogP contribution is 2.28. The predicted octanol–water partition coefficient (Wildman–Crippen LogP) is 4.85. The minimum Gasteiger partial charge on any atom is -0.493 e. The molecule has 29 heavy (non-hydrogen) atoms. The second-order valence-electron chi connectivity index (χ2n) is 6.51. The third kappa shape index (κ3) is 7.89. The molecule has 0 aliphatic heterocycles. The van der Waals surface area contributed by atoms with Crippen molar-refractivity contribution >= 4 is 6.21 Å². The van der Waals surface area contributed by atoms with Crippen molar-refractivity contribution in [2.24, 2.45) is 5.16 Å². The first-order valence-electron chi connectivity index (χ1n) is 9.78. The largest absolute Gasteiger partial charge is 0.493 e. The van der Waals surface area contributed by atoms with E-state index in [0.717, 1.165) is 41.9 Å². The van der Waals surface area contributed by atoms with Crippen LogP contribution < -0.4 is 14.2 Å². The molecule has 0 amide bonds. The number of hydrogen-bond acceptors (Lipinski definition) is 7. The first-order chi connectivity index (χ1) is 14.1. The summed E-state index contributed by atoms with van der Waals surface area (Å²) >= 11 is 0. The highest BCUT2D eigenvalue weighted by molar-refractivity contribution is 5.75. The quantitative estimate of drug-likeness (QED) is 0.206. The van der Waals surface area contributed by atoms with Crippen molar-refractivity contribution in [3.63, 3.8) is 0 Å². The topological polar surface area (TPSA) is 75.3 Å². The van der Waals surface area contributed by atoms with Crippen LogP contribution in [0, 0.1) is 13.8 Å². The van der Waals surface area contributed by atoms with Crippen molar-refractivity contribution < 1.29 is 23.6 Å². The zero-order valence-electron chi connectivity index (χ0n) is 17.6. The summed E-state index contributed by atoms with van der Waals surface area (Å²) in [4.78, 5) is 4.58. The number of nitrogens with zero attached hydrogens (tertiary/aromatic N) is 2. The van der Waals surface area contributed by atoms with Crippen LogP contribution in [0.2, 0.25) is 0 Å². The molecule has 0 spiro atoms. The Morgan fingerprint density at radius 1 is 1.00 bits per heavy atom. The van der Waals surface area contributed by atoms with Gasteiger partial charge >= 0.3 is 0 Å². The Morgan fingerprint density at radius 2 is 1.72 bits per heavy atom. The van der Waals surface area contributed by atoms with E-state index < -0.39 is 0 Å². The van der Waals surface area contributed by atoms with Gasteiger partial charge in [-0.2, -0.15) is 0 Å². The van der Waals surface area contributed by atoms with Crippen LogP contribution in [0.3, 0.4) is 0 Å². The number of aryl methyl sites for hydroxylation is 2. The summed E-state index contributed by atoms with van der Waals surface area (Å²) in [5, 5.41) is 7.42. The number of allylic oxidation sites excluding steroid dienone is 1. The van der Waals surface area contributed by atoms with Gasteiger partial charge in [-0.1, -0.05) is 17.3 Å². The summed E-state index contributed by atoms with van der Waals surface area (Å²) in [5.41, 5.74) is 2.17. The predicted molar refractivity (Wildman–Crippen MR) is 112 cm³/mol. The van der Waals surface area contributed by atoms with Crippen molar-refractivity contribution in [2.45, 2.75) is 40.0 Å². The van der Waals surface area contributed by atoms with Gasteiger partial charge in [-0.15, -0.1) is 0 Å². The normalized spacial score (nSPS) is 11.3. The van der Waals surface area contributed by atoms with E-state index in [-0.39, 0.29) is 0 Å². The molecule has 1 aromatic carbocycles. The fourth-order valence-electron chi connectivity index (χ4n) is 2.70. The van der Waals surface area contributed by atoms with Crippen LogP contribution in [0.1, 0.15) is 43.1 Å². The SMILES string of the molecule is C/C=C/COc1cc(C)c(OCCCCCOc2cc(C=NOC)on2)c(C)c1. The zero-order chi connectivity index (χ0) is 20.9. The summed E-state index contributed by atoms with van der Waals surface area (Å²) in [6, 6.07) is 5.70. The molecule has 2 rings (SSSR count). The van der Waals surface area contributed by atoms with E-state index in [4.69, 9.17) is 18.7 Å². The standard InChI is InChI=1S/C22H30N2O5/c1-5-6-10-26-19-13-17(2)22(18(3)14-19)28-12-9-7-8-11-27-21-15-20(29-24-21)16-23-25-4/h5-6,13-16H,7-12H2,1-4H3/b6-5+,23-16?. The Hall–Kier alpha value is -2.96. The molecule has 1 heterocycles. The Morgan fingerprint density at radius 3 is 2.41 bits per heavy atom.